The minimum atomic E-state index is -0.0328. The fourth-order valence-corrected chi connectivity index (χ4v) is 2.39. The molecule has 0 bridgehead atoms. The summed E-state index contributed by atoms with van der Waals surface area (Å²) >= 11 is 0. The van der Waals surface area contributed by atoms with Crippen LogP contribution in [0.15, 0.2) is 17.2 Å². The number of hydrogen-bond donors (Lipinski definition) is 0. The third-order valence-corrected chi connectivity index (χ3v) is 3.38. The standard InChI is InChI=1S/C13H22N2O2/c1-10(2)15-8-7-14(12(15)16)9-11-5-6-13(3,4)17-11/h7-8,10-11H,5-6,9H2,1-4H3. The van der Waals surface area contributed by atoms with Gasteiger partial charge in [-0.1, -0.05) is 0 Å². The predicted octanol–water partition coefficient (Wildman–Crippen LogP) is 2.19. The maximum Gasteiger partial charge on any atom is 0.328 e. The van der Waals surface area contributed by atoms with Gasteiger partial charge in [-0.15, -0.1) is 0 Å². The molecule has 0 spiro atoms. The minimum Gasteiger partial charge on any atom is -0.370 e. The first kappa shape index (κ1) is 12.4. The molecular formula is C13H22N2O2. The zero-order valence-electron chi connectivity index (χ0n) is 11.1. The second-order valence-electron chi connectivity index (χ2n) is 5.77. The fraction of sp³-hybridized carbons (Fsp3) is 0.769. The van der Waals surface area contributed by atoms with Crippen molar-refractivity contribution in [3.05, 3.63) is 22.9 Å². The van der Waals surface area contributed by atoms with Crippen LogP contribution < -0.4 is 5.69 Å². The monoisotopic (exact) mass is 238 g/mol. The van der Waals surface area contributed by atoms with Gasteiger partial charge in [0.15, 0.2) is 0 Å². The van der Waals surface area contributed by atoms with Gasteiger partial charge in [-0.05, 0) is 40.5 Å². The summed E-state index contributed by atoms with van der Waals surface area (Å²) in [6.07, 6.45) is 5.99. The molecule has 1 fully saturated rings. The molecule has 1 aliphatic heterocycles. The van der Waals surface area contributed by atoms with E-state index in [0.29, 0.717) is 6.54 Å². The Kier molecular flexibility index (Phi) is 3.17. The first-order valence-electron chi connectivity index (χ1n) is 6.34. The summed E-state index contributed by atoms with van der Waals surface area (Å²) in [5, 5.41) is 0. The van der Waals surface area contributed by atoms with Crippen molar-refractivity contribution in [3.8, 4) is 0 Å². The van der Waals surface area contributed by atoms with E-state index in [2.05, 4.69) is 13.8 Å². The maximum absolute atomic E-state index is 12.0. The second-order valence-corrected chi connectivity index (χ2v) is 5.77. The van der Waals surface area contributed by atoms with Gasteiger partial charge in [0.2, 0.25) is 0 Å². The van der Waals surface area contributed by atoms with Crippen LogP contribution in [0.4, 0.5) is 0 Å². The van der Waals surface area contributed by atoms with Gasteiger partial charge in [-0.3, -0.25) is 9.13 Å². The molecule has 0 saturated carbocycles. The van der Waals surface area contributed by atoms with Crippen LogP contribution in [0.5, 0.6) is 0 Å². The number of ether oxygens (including phenoxy) is 1. The van der Waals surface area contributed by atoms with Gasteiger partial charge in [-0.2, -0.15) is 0 Å². The summed E-state index contributed by atoms with van der Waals surface area (Å²) < 4.78 is 9.41. The first-order valence-corrected chi connectivity index (χ1v) is 6.34. The lowest BCUT2D eigenvalue weighted by Crippen LogP contribution is -2.30. The summed E-state index contributed by atoms with van der Waals surface area (Å²) in [6.45, 7) is 8.91. The Morgan fingerprint density at radius 2 is 2.18 bits per heavy atom. The van der Waals surface area contributed by atoms with E-state index < -0.39 is 0 Å². The highest BCUT2D eigenvalue weighted by molar-refractivity contribution is 4.87. The van der Waals surface area contributed by atoms with E-state index in [9.17, 15) is 4.79 Å². The van der Waals surface area contributed by atoms with Crippen molar-refractivity contribution in [2.45, 2.75) is 64.8 Å². The third-order valence-electron chi connectivity index (χ3n) is 3.38. The van der Waals surface area contributed by atoms with Crippen molar-refractivity contribution >= 4 is 0 Å². The van der Waals surface area contributed by atoms with Crippen LogP contribution in [0.2, 0.25) is 0 Å². The van der Waals surface area contributed by atoms with Crippen LogP contribution in [0.3, 0.4) is 0 Å². The van der Waals surface area contributed by atoms with E-state index in [4.69, 9.17) is 4.74 Å². The van der Waals surface area contributed by atoms with Gasteiger partial charge in [-0.25, -0.2) is 4.79 Å². The Hall–Kier alpha value is -1.03. The summed E-state index contributed by atoms with van der Waals surface area (Å²) in [5.74, 6) is 0. The average Bonchev–Trinajstić information content (AvgIpc) is 2.72. The molecule has 0 aliphatic carbocycles. The molecule has 2 heterocycles. The smallest absolute Gasteiger partial charge is 0.328 e. The van der Waals surface area contributed by atoms with Gasteiger partial charge in [0.05, 0.1) is 18.2 Å². The molecule has 4 nitrogen and oxygen atoms in total. The molecule has 17 heavy (non-hydrogen) atoms. The van der Waals surface area contributed by atoms with Crippen LogP contribution in [0.25, 0.3) is 0 Å². The van der Waals surface area contributed by atoms with Gasteiger partial charge in [0, 0.05) is 18.4 Å². The Balaban J connectivity index is 2.08. The van der Waals surface area contributed by atoms with Crippen molar-refractivity contribution in [2.75, 3.05) is 0 Å². The van der Waals surface area contributed by atoms with E-state index in [-0.39, 0.29) is 23.4 Å². The SMILES string of the molecule is CC(C)n1ccn(CC2CCC(C)(C)O2)c1=O. The molecule has 1 aromatic heterocycles. The van der Waals surface area contributed by atoms with Crippen LogP contribution in [-0.4, -0.2) is 20.8 Å². The fourth-order valence-electron chi connectivity index (χ4n) is 2.39. The highest BCUT2D eigenvalue weighted by Gasteiger charge is 2.31. The van der Waals surface area contributed by atoms with E-state index in [1.165, 1.54) is 0 Å². The quantitative estimate of drug-likeness (QED) is 0.809. The van der Waals surface area contributed by atoms with Gasteiger partial charge >= 0.3 is 5.69 Å². The van der Waals surface area contributed by atoms with Crippen LogP contribution >= 0.6 is 0 Å². The molecule has 1 unspecified atom stereocenters. The summed E-state index contributed by atoms with van der Waals surface area (Å²) in [7, 11) is 0. The maximum atomic E-state index is 12.0. The molecule has 96 valence electrons. The molecular weight excluding hydrogens is 216 g/mol. The van der Waals surface area contributed by atoms with Crippen LogP contribution in [0, 0.1) is 0 Å². The number of rotatable bonds is 3. The number of imidazole rings is 1. The summed E-state index contributed by atoms with van der Waals surface area (Å²) in [4.78, 5) is 12.0. The van der Waals surface area contributed by atoms with Gasteiger partial charge < -0.3 is 4.74 Å². The summed E-state index contributed by atoms with van der Waals surface area (Å²) in [5.41, 5.74) is 0.0304. The number of aromatic nitrogens is 2. The lowest BCUT2D eigenvalue weighted by Gasteiger charge is -2.19. The highest BCUT2D eigenvalue weighted by Crippen LogP contribution is 2.29. The number of hydrogen-bond acceptors (Lipinski definition) is 2. The van der Waals surface area contributed by atoms with E-state index in [1.807, 2.05) is 26.2 Å². The highest BCUT2D eigenvalue weighted by atomic mass is 16.5. The molecule has 2 rings (SSSR count). The Morgan fingerprint density at radius 1 is 1.47 bits per heavy atom. The lowest BCUT2D eigenvalue weighted by molar-refractivity contribution is -0.0221. The largest absolute Gasteiger partial charge is 0.370 e. The average molecular weight is 238 g/mol. The topological polar surface area (TPSA) is 36.2 Å². The molecule has 1 aliphatic rings. The first-order chi connectivity index (χ1) is 7.89. The van der Waals surface area contributed by atoms with Crippen molar-refractivity contribution < 1.29 is 4.74 Å². The molecule has 1 atom stereocenters. The molecule has 1 saturated heterocycles. The summed E-state index contributed by atoms with van der Waals surface area (Å²) in [6, 6.07) is 0.213. The normalized spacial score (nSPS) is 23.5. The van der Waals surface area contributed by atoms with Crippen molar-refractivity contribution in [1.82, 2.24) is 9.13 Å². The third kappa shape index (κ3) is 2.63. The van der Waals surface area contributed by atoms with Crippen molar-refractivity contribution in [3.63, 3.8) is 0 Å². The number of nitrogens with zero attached hydrogens (tertiary/aromatic N) is 2. The molecule has 0 radical (unpaired) electrons. The molecule has 0 N–H and O–H groups in total. The molecule has 0 aromatic carbocycles. The minimum absolute atomic E-state index is 0.0328. The van der Waals surface area contributed by atoms with Gasteiger partial charge in [0.25, 0.3) is 0 Å². The van der Waals surface area contributed by atoms with Gasteiger partial charge in [0.1, 0.15) is 0 Å². The Bertz CT molecular complexity index is 443. The van der Waals surface area contributed by atoms with E-state index >= 15 is 0 Å². The second kappa shape index (κ2) is 4.33. The molecule has 1 aromatic rings. The zero-order chi connectivity index (χ0) is 12.6. The molecule has 4 heteroatoms. The van der Waals surface area contributed by atoms with E-state index in [1.54, 1.807) is 9.13 Å². The van der Waals surface area contributed by atoms with Crippen LogP contribution in [-0.2, 0) is 11.3 Å². The van der Waals surface area contributed by atoms with E-state index in [0.717, 1.165) is 12.8 Å². The Morgan fingerprint density at radius 3 is 2.65 bits per heavy atom. The lowest BCUT2D eigenvalue weighted by atomic mass is 10.1. The zero-order valence-corrected chi connectivity index (χ0v) is 11.1. The van der Waals surface area contributed by atoms with Crippen LogP contribution in [0.1, 0.15) is 46.6 Å². The van der Waals surface area contributed by atoms with Crippen molar-refractivity contribution in [2.24, 2.45) is 0 Å². The predicted molar refractivity (Wildman–Crippen MR) is 67.3 cm³/mol. The Labute approximate surface area is 102 Å². The van der Waals surface area contributed by atoms with Crippen molar-refractivity contribution in [1.29, 1.82) is 0 Å². The molecule has 0 amide bonds.